The molecule has 27 heavy (non-hydrogen) atoms. The number of amides is 1. The number of carbonyl (C=O) groups excluding carboxylic acids is 1. The third-order valence-electron chi connectivity index (χ3n) is 4.16. The Morgan fingerprint density at radius 2 is 1.89 bits per heavy atom. The Morgan fingerprint density at radius 3 is 2.59 bits per heavy atom. The van der Waals surface area contributed by atoms with E-state index in [2.05, 4.69) is 4.90 Å². The molecule has 6 heteroatoms. The molecule has 3 rings (SSSR count). The van der Waals surface area contributed by atoms with E-state index in [0.717, 1.165) is 33.2 Å². The van der Waals surface area contributed by atoms with Crippen molar-refractivity contribution in [3.63, 3.8) is 0 Å². The second-order valence-corrected chi connectivity index (χ2v) is 7.58. The van der Waals surface area contributed by atoms with Crippen molar-refractivity contribution in [3.8, 4) is 5.75 Å². The van der Waals surface area contributed by atoms with Crippen molar-refractivity contribution in [1.29, 1.82) is 0 Å². The van der Waals surface area contributed by atoms with Crippen LogP contribution in [0.1, 0.15) is 12.5 Å². The molecule has 0 radical (unpaired) electrons. The van der Waals surface area contributed by atoms with Crippen molar-refractivity contribution in [2.45, 2.75) is 13.3 Å². The van der Waals surface area contributed by atoms with Crippen molar-refractivity contribution in [2.24, 2.45) is 0 Å². The molecule has 0 aliphatic heterocycles. The quantitative estimate of drug-likeness (QED) is 0.593. The number of carbonyl (C=O) groups is 1. The minimum absolute atomic E-state index is 0.0622. The highest BCUT2D eigenvalue weighted by atomic mass is 32.1. The molecule has 2 aromatic carbocycles. The molecule has 1 heterocycles. The maximum atomic E-state index is 13.0. The summed E-state index contributed by atoms with van der Waals surface area (Å²) in [6.07, 6.45) is 0.369. The average Bonchev–Trinajstić information content (AvgIpc) is 3.05. The van der Waals surface area contributed by atoms with E-state index in [9.17, 15) is 4.79 Å². The van der Waals surface area contributed by atoms with Gasteiger partial charge in [0.05, 0.1) is 23.2 Å². The molecule has 0 spiro atoms. The van der Waals surface area contributed by atoms with Gasteiger partial charge in [0.15, 0.2) is 5.13 Å². The Bertz CT molecular complexity index is 893. The van der Waals surface area contributed by atoms with Crippen LogP contribution >= 0.6 is 11.3 Å². The van der Waals surface area contributed by atoms with Crippen molar-refractivity contribution in [3.05, 3.63) is 54.1 Å². The number of thiazole rings is 1. The average molecular weight is 384 g/mol. The predicted molar refractivity (Wildman–Crippen MR) is 112 cm³/mol. The van der Waals surface area contributed by atoms with Gasteiger partial charge < -0.3 is 9.64 Å². The first kappa shape index (κ1) is 19.3. The third-order valence-corrected chi connectivity index (χ3v) is 5.20. The Morgan fingerprint density at radius 1 is 1.11 bits per heavy atom. The highest BCUT2D eigenvalue weighted by Gasteiger charge is 2.20. The van der Waals surface area contributed by atoms with Gasteiger partial charge in [0.25, 0.3) is 0 Å². The van der Waals surface area contributed by atoms with Crippen LogP contribution in [0.4, 0.5) is 5.13 Å². The summed E-state index contributed by atoms with van der Waals surface area (Å²) in [5.41, 5.74) is 1.90. The molecule has 0 aliphatic rings. The van der Waals surface area contributed by atoms with Crippen LogP contribution in [-0.2, 0) is 11.2 Å². The predicted octanol–water partition coefficient (Wildman–Crippen LogP) is 3.83. The standard InChI is InChI=1S/C21H25N3O2S/c1-4-26-17-10-11-18-19(15-17)27-21(22-18)24(13-12-23(2)3)20(25)14-16-8-6-5-7-9-16/h5-11,15H,4,12-14H2,1-3H3. The molecule has 0 N–H and O–H groups in total. The summed E-state index contributed by atoms with van der Waals surface area (Å²) in [6.45, 7) is 3.98. The van der Waals surface area contributed by atoms with Crippen LogP contribution in [0.15, 0.2) is 48.5 Å². The SMILES string of the molecule is CCOc1ccc2nc(N(CCN(C)C)C(=O)Cc3ccccc3)sc2c1. The Balaban J connectivity index is 1.87. The minimum Gasteiger partial charge on any atom is -0.494 e. The number of fused-ring (bicyclic) bond motifs is 1. The van der Waals surface area contributed by atoms with Crippen LogP contribution in [0.3, 0.4) is 0 Å². The normalized spacial score (nSPS) is 11.1. The number of hydrogen-bond donors (Lipinski definition) is 0. The summed E-state index contributed by atoms with van der Waals surface area (Å²) >= 11 is 1.53. The molecule has 0 saturated heterocycles. The van der Waals surface area contributed by atoms with Crippen LogP contribution in [0.25, 0.3) is 10.2 Å². The first-order chi connectivity index (χ1) is 13.1. The number of nitrogens with zero attached hydrogens (tertiary/aromatic N) is 3. The van der Waals surface area contributed by atoms with Gasteiger partial charge in [0, 0.05) is 13.1 Å². The number of anilines is 1. The second-order valence-electron chi connectivity index (χ2n) is 6.57. The van der Waals surface area contributed by atoms with Gasteiger partial charge in [-0.2, -0.15) is 0 Å². The maximum absolute atomic E-state index is 13.0. The zero-order valence-electron chi connectivity index (χ0n) is 16.0. The van der Waals surface area contributed by atoms with E-state index < -0.39 is 0 Å². The monoisotopic (exact) mass is 383 g/mol. The smallest absolute Gasteiger partial charge is 0.233 e. The lowest BCUT2D eigenvalue weighted by molar-refractivity contribution is -0.118. The molecule has 5 nitrogen and oxygen atoms in total. The first-order valence-electron chi connectivity index (χ1n) is 9.09. The molecular weight excluding hydrogens is 358 g/mol. The van der Waals surface area contributed by atoms with Crippen molar-refractivity contribution in [1.82, 2.24) is 9.88 Å². The number of ether oxygens (including phenoxy) is 1. The maximum Gasteiger partial charge on any atom is 0.233 e. The highest BCUT2D eigenvalue weighted by molar-refractivity contribution is 7.22. The lowest BCUT2D eigenvalue weighted by Gasteiger charge is -2.22. The van der Waals surface area contributed by atoms with E-state index in [-0.39, 0.29) is 5.91 Å². The van der Waals surface area contributed by atoms with Gasteiger partial charge in [-0.3, -0.25) is 9.69 Å². The summed E-state index contributed by atoms with van der Waals surface area (Å²) in [6, 6.07) is 15.7. The van der Waals surface area contributed by atoms with E-state index >= 15 is 0 Å². The molecule has 0 aliphatic carbocycles. The number of benzene rings is 2. The lowest BCUT2D eigenvalue weighted by Crippen LogP contribution is -2.37. The fourth-order valence-electron chi connectivity index (χ4n) is 2.76. The number of aromatic nitrogens is 1. The molecule has 3 aromatic rings. The fraction of sp³-hybridized carbons (Fsp3) is 0.333. The van der Waals surface area contributed by atoms with Crippen LogP contribution in [0.5, 0.6) is 5.75 Å². The van der Waals surface area contributed by atoms with Gasteiger partial charge in [0.1, 0.15) is 5.75 Å². The Hall–Kier alpha value is -2.44. The summed E-state index contributed by atoms with van der Waals surface area (Å²) in [5, 5.41) is 0.737. The topological polar surface area (TPSA) is 45.7 Å². The van der Waals surface area contributed by atoms with E-state index in [4.69, 9.17) is 9.72 Å². The molecule has 0 unspecified atom stereocenters. The van der Waals surface area contributed by atoms with Gasteiger partial charge in [-0.1, -0.05) is 41.7 Å². The molecule has 0 fully saturated rings. The van der Waals surface area contributed by atoms with E-state index in [0.29, 0.717) is 19.6 Å². The van der Waals surface area contributed by atoms with Gasteiger partial charge in [-0.25, -0.2) is 4.98 Å². The zero-order valence-corrected chi connectivity index (χ0v) is 16.8. The second kappa shape index (κ2) is 8.97. The van der Waals surface area contributed by atoms with Gasteiger partial charge in [0.2, 0.25) is 5.91 Å². The van der Waals surface area contributed by atoms with Crippen LogP contribution in [-0.4, -0.2) is 49.6 Å². The largest absolute Gasteiger partial charge is 0.494 e. The Kier molecular flexibility index (Phi) is 6.42. The van der Waals surface area contributed by atoms with E-state index in [1.165, 1.54) is 11.3 Å². The number of rotatable bonds is 8. The summed E-state index contributed by atoms with van der Waals surface area (Å²) < 4.78 is 6.61. The molecule has 142 valence electrons. The Labute approximate surface area is 164 Å². The van der Waals surface area contributed by atoms with Gasteiger partial charge >= 0.3 is 0 Å². The third kappa shape index (κ3) is 5.05. The summed E-state index contributed by atoms with van der Waals surface area (Å²) in [5.74, 6) is 0.891. The van der Waals surface area contributed by atoms with Crippen molar-refractivity contribution >= 4 is 32.6 Å². The molecule has 0 atom stereocenters. The number of likely N-dealkylation sites (N-methyl/N-ethyl adjacent to an activating group) is 1. The van der Waals surface area contributed by atoms with Crippen LogP contribution < -0.4 is 9.64 Å². The van der Waals surface area contributed by atoms with Gasteiger partial charge in [-0.05, 0) is 44.8 Å². The first-order valence-corrected chi connectivity index (χ1v) is 9.91. The van der Waals surface area contributed by atoms with Crippen molar-refractivity contribution in [2.75, 3.05) is 38.7 Å². The minimum atomic E-state index is 0.0622. The fourth-order valence-corrected chi connectivity index (χ4v) is 3.79. The molecule has 1 amide bonds. The summed E-state index contributed by atoms with van der Waals surface area (Å²) in [7, 11) is 4.01. The molecular formula is C21H25N3O2S. The summed E-state index contributed by atoms with van der Waals surface area (Å²) in [4.78, 5) is 21.6. The van der Waals surface area contributed by atoms with Crippen LogP contribution in [0.2, 0.25) is 0 Å². The van der Waals surface area contributed by atoms with Crippen LogP contribution in [0, 0.1) is 0 Å². The molecule has 0 saturated carbocycles. The zero-order chi connectivity index (χ0) is 19.2. The highest BCUT2D eigenvalue weighted by Crippen LogP contribution is 2.31. The van der Waals surface area contributed by atoms with E-state index in [1.54, 1.807) is 4.90 Å². The molecule has 1 aromatic heterocycles. The van der Waals surface area contributed by atoms with E-state index in [1.807, 2.05) is 69.6 Å². The molecule has 0 bridgehead atoms. The number of hydrogen-bond acceptors (Lipinski definition) is 5. The van der Waals surface area contributed by atoms with Crippen molar-refractivity contribution < 1.29 is 9.53 Å². The van der Waals surface area contributed by atoms with Gasteiger partial charge in [-0.15, -0.1) is 0 Å². The lowest BCUT2D eigenvalue weighted by atomic mass is 10.1.